The molecule has 0 saturated heterocycles. The number of nitro benzene ring substituents is 1. The van der Waals surface area contributed by atoms with Crippen molar-refractivity contribution in [1.82, 2.24) is 5.43 Å². The van der Waals surface area contributed by atoms with E-state index in [1.54, 1.807) is 28.7 Å². The molecule has 0 fully saturated rings. The molecule has 1 N–H and O–H groups in total. The molecule has 0 aliphatic heterocycles. The zero-order valence-electron chi connectivity index (χ0n) is 15.0. The van der Waals surface area contributed by atoms with Crippen LogP contribution in [0.4, 0.5) is 36.4 Å². The minimum absolute atomic E-state index is 0.0224. The van der Waals surface area contributed by atoms with E-state index in [1.165, 1.54) is 36.4 Å². The predicted octanol–water partition coefficient (Wildman–Crippen LogP) is 5.49. The van der Waals surface area contributed by atoms with Crippen molar-refractivity contribution < 1.29 is 40.4 Å². The van der Waals surface area contributed by atoms with Crippen LogP contribution in [0.3, 0.4) is 0 Å². The van der Waals surface area contributed by atoms with Crippen LogP contribution in [0.2, 0.25) is 0 Å². The van der Waals surface area contributed by atoms with Crippen molar-refractivity contribution in [1.29, 1.82) is 0 Å². The van der Waals surface area contributed by atoms with E-state index in [9.17, 15) is 40.8 Å². The van der Waals surface area contributed by atoms with E-state index < -0.39 is 23.1 Å². The molecule has 2 aromatic rings. The average Bonchev–Trinajstić information content (AvgIpc) is 2.66. The van der Waals surface area contributed by atoms with Crippen LogP contribution in [0.1, 0.15) is 11.1 Å². The third-order valence-corrected chi connectivity index (χ3v) is 4.48. The highest BCUT2D eigenvalue weighted by atomic mass is 127. The number of hydrazone groups is 1. The lowest BCUT2D eigenvalue weighted by atomic mass is 10.2. The molecule has 0 aromatic heterocycles. The predicted molar refractivity (Wildman–Crippen MR) is 103 cm³/mol. The fourth-order valence-corrected chi connectivity index (χ4v) is 2.77. The molecule has 0 unspecified atom stereocenters. The SMILES string of the molecule is O=[N+]([O-])c1cccc(COc2ccc(/C=N/NC(F)(F)C(F)(F)C(F)(F)F)cc2I)c1. The molecule has 0 atom stereocenters. The maximum absolute atomic E-state index is 13.1. The molecule has 0 amide bonds. The first-order valence-corrected chi connectivity index (χ1v) is 9.11. The molecule has 0 aliphatic rings. The summed E-state index contributed by atoms with van der Waals surface area (Å²) in [7, 11) is 0. The van der Waals surface area contributed by atoms with Crippen molar-refractivity contribution in [3.05, 3.63) is 67.3 Å². The van der Waals surface area contributed by atoms with Crippen molar-refractivity contribution in [3.63, 3.8) is 0 Å². The number of halogens is 8. The summed E-state index contributed by atoms with van der Waals surface area (Å²) in [5, 5.41) is 13.5. The van der Waals surface area contributed by atoms with Gasteiger partial charge in [-0.3, -0.25) is 10.1 Å². The smallest absolute Gasteiger partial charge is 0.462 e. The molecule has 14 heteroatoms. The van der Waals surface area contributed by atoms with Crippen molar-refractivity contribution in [3.8, 4) is 5.75 Å². The number of non-ortho nitro benzene ring substituents is 1. The van der Waals surface area contributed by atoms with Gasteiger partial charge in [0.05, 0.1) is 14.7 Å². The molecular weight excluding hydrogens is 554 g/mol. The number of alkyl halides is 7. The van der Waals surface area contributed by atoms with E-state index in [0.29, 0.717) is 26.5 Å². The Morgan fingerprint density at radius 3 is 2.35 bits per heavy atom. The van der Waals surface area contributed by atoms with Gasteiger partial charge >= 0.3 is 18.1 Å². The molecule has 0 saturated carbocycles. The van der Waals surface area contributed by atoms with E-state index >= 15 is 0 Å². The lowest BCUT2D eigenvalue weighted by molar-refractivity contribution is -0.384. The van der Waals surface area contributed by atoms with Crippen LogP contribution >= 0.6 is 22.6 Å². The Morgan fingerprint density at radius 2 is 1.77 bits per heavy atom. The van der Waals surface area contributed by atoms with Crippen LogP contribution in [0, 0.1) is 13.7 Å². The topological polar surface area (TPSA) is 76.8 Å². The fourth-order valence-electron chi connectivity index (χ4n) is 2.07. The second kappa shape index (κ2) is 9.23. The van der Waals surface area contributed by atoms with Crippen molar-refractivity contribution in [2.45, 2.75) is 24.8 Å². The Balaban J connectivity index is 2.04. The molecule has 2 rings (SSSR count). The standard InChI is InChI=1S/C17H11F7IN3O3/c18-15(19,16(20,21)22)17(23,24)27-26-8-10-4-5-14(13(25)7-10)31-9-11-2-1-3-12(6-11)28(29)30/h1-8,27H,9H2/b26-8+. The van der Waals surface area contributed by atoms with E-state index in [1.807, 2.05) is 0 Å². The zero-order valence-corrected chi connectivity index (χ0v) is 17.1. The minimum atomic E-state index is -6.47. The van der Waals surface area contributed by atoms with Gasteiger partial charge in [-0.05, 0) is 51.9 Å². The van der Waals surface area contributed by atoms with Crippen LogP contribution in [0.15, 0.2) is 47.6 Å². The van der Waals surface area contributed by atoms with Crippen molar-refractivity contribution in [2.75, 3.05) is 0 Å². The number of hydrogen-bond acceptors (Lipinski definition) is 5. The van der Waals surface area contributed by atoms with Crippen LogP contribution in [-0.4, -0.2) is 29.3 Å². The Kier molecular flexibility index (Phi) is 7.33. The van der Waals surface area contributed by atoms with Crippen LogP contribution in [0.5, 0.6) is 5.75 Å². The number of nitro groups is 1. The molecule has 0 aliphatic carbocycles. The number of rotatable bonds is 8. The van der Waals surface area contributed by atoms with Gasteiger partial charge in [-0.15, -0.1) is 0 Å². The second-order valence-electron chi connectivity index (χ2n) is 5.92. The maximum Gasteiger partial charge on any atom is 0.462 e. The summed E-state index contributed by atoms with van der Waals surface area (Å²) in [5.74, 6) is -6.01. The van der Waals surface area contributed by atoms with E-state index in [4.69, 9.17) is 4.74 Å². The highest BCUT2D eigenvalue weighted by Gasteiger charge is 2.73. The van der Waals surface area contributed by atoms with Gasteiger partial charge in [-0.1, -0.05) is 12.1 Å². The van der Waals surface area contributed by atoms with Gasteiger partial charge < -0.3 is 4.74 Å². The van der Waals surface area contributed by atoms with Gasteiger partial charge in [-0.25, -0.2) is 5.43 Å². The number of hydrogen-bond donors (Lipinski definition) is 1. The maximum atomic E-state index is 13.1. The Morgan fingerprint density at radius 1 is 1.10 bits per heavy atom. The van der Waals surface area contributed by atoms with Crippen LogP contribution in [0.25, 0.3) is 0 Å². The quantitative estimate of drug-likeness (QED) is 0.115. The van der Waals surface area contributed by atoms with Crippen molar-refractivity contribution in [2.24, 2.45) is 5.10 Å². The van der Waals surface area contributed by atoms with Gasteiger partial charge in [0.25, 0.3) is 5.69 Å². The van der Waals surface area contributed by atoms with E-state index in [-0.39, 0.29) is 17.9 Å². The lowest BCUT2D eigenvalue weighted by Crippen LogP contribution is -2.58. The summed E-state index contributed by atoms with van der Waals surface area (Å²) >= 11 is 1.81. The second-order valence-corrected chi connectivity index (χ2v) is 7.08. The number of nitrogens with one attached hydrogen (secondary N) is 1. The zero-order chi connectivity index (χ0) is 23.4. The first-order chi connectivity index (χ1) is 14.2. The van der Waals surface area contributed by atoms with E-state index in [2.05, 4.69) is 5.10 Å². The summed E-state index contributed by atoms with van der Waals surface area (Å²) in [6.07, 6.45) is -5.83. The number of ether oxygens (including phenoxy) is 1. The molecule has 2 aromatic carbocycles. The molecule has 168 valence electrons. The van der Waals surface area contributed by atoms with Crippen LogP contribution < -0.4 is 10.2 Å². The summed E-state index contributed by atoms with van der Waals surface area (Å²) in [4.78, 5) is 10.2. The number of benzene rings is 2. The molecule has 0 heterocycles. The summed E-state index contributed by atoms with van der Waals surface area (Å²) in [6.45, 7) is -0.0224. The van der Waals surface area contributed by atoms with E-state index in [0.717, 1.165) is 0 Å². The third-order valence-electron chi connectivity index (χ3n) is 3.64. The van der Waals surface area contributed by atoms with Gasteiger partial charge in [0.1, 0.15) is 12.4 Å². The van der Waals surface area contributed by atoms with Gasteiger partial charge in [0.2, 0.25) is 0 Å². The molecule has 6 nitrogen and oxygen atoms in total. The highest BCUT2D eigenvalue weighted by Crippen LogP contribution is 2.45. The normalized spacial score (nSPS) is 12.8. The largest absolute Gasteiger partial charge is 0.488 e. The Bertz CT molecular complexity index is 984. The van der Waals surface area contributed by atoms with Gasteiger partial charge in [0.15, 0.2) is 0 Å². The summed E-state index contributed by atoms with van der Waals surface area (Å²) in [5.41, 5.74) is 1.01. The lowest BCUT2D eigenvalue weighted by Gasteiger charge is -2.27. The third kappa shape index (κ3) is 5.95. The Hall–Kier alpha value is -2.65. The summed E-state index contributed by atoms with van der Waals surface area (Å²) < 4.78 is 93.9. The van der Waals surface area contributed by atoms with Crippen molar-refractivity contribution >= 4 is 34.5 Å². The first kappa shape index (κ1) is 24.6. The van der Waals surface area contributed by atoms with Crippen LogP contribution in [-0.2, 0) is 6.61 Å². The molecule has 31 heavy (non-hydrogen) atoms. The van der Waals surface area contributed by atoms with Gasteiger partial charge in [0, 0.05) is 12.1 Å². The van der Waals surface area contributed by atoms with Gasteiger partial charge in [-0.2, -0.15) is 35.8 Å². The average molecular weight is 565 g/mol. The monoisotopic (exact) mass is 565 g/mol. The minimum Gasteiger partial charge on any atom is -0.488 e. The Labute approximate surface area is 183 Å². The molecule has 0 radical (unpaired) electrons. The highest BCUT2D eigenvalue weighted by molar-refractivity contribution is 14.1. The molecule has 0 bridgehead atoms. The number of nitrogens with zero attached hydrogens (tertiary/aromatic N) is 2. The fraction of sp³-hybridized carbons (Fsp3) is 0.235. The molecule has 0 spiro atoms. The first-order valence-electron chi connectivity index (χ1n) is 8.03. The summed E-state index contributed by atoms with van der Waals surface area (Å²) in [6, 6.07) is 4.06. The molecular formula is C17H11F7IN3O3.